The highest BCUT2D eigenvalue weighted by molar-refractivity contribution is 7.09. The Bertz CT molecular complexity index is 844. The zero-order valence-electron chi connectivity index (χ0n) is 16.5. The van der Waals surface area contributed by atoms with Gasteiger partial charge in [-0.3, -0.25) is 4.79 Å². The van der Waals surface area contributed by atoms with E-state index in [-0.39, 0.29) is 17.6 Å². The van der Waals surface area contributed by atoms with Gasteiger partial charge < -0.3 is 20.4 Å². The molecule has 156 valence electrons. The summed E-state index contributed by atoms with van der Waals surface area (Å²) in [6, 6.07) is 7.74. The van der Waals surface area contributed by atoms with Crippen LogP contribution >= 0.6 is 11.5 Å². The second kappa shape index (κ2) is 9.32. The molecule has 9 heteroatoms. The molecule has 3 N–H and O–H groups in total. The summed E-state index contributed by atoms with van der Waals surface area (Å²) in [5, 5.41) is 23.5. The molecule has 0 radical (unpaired) electrons. The molecule has 1 amide bonds. The molecule has 1 aliphatic heterocycles. The molecule has 8 nitrogen and oxygen atoms in total. The normalized spacial score (nSPS) is 19.6. The second-order valence-electron chi connectivity index (χ2n) is 7.31. The number of hydrogen-bond donors (Lipinski definition) is 3. The van der Waals surface area contributed by atoms with Gasteiger partial charge in [-0.25, -0.2) is 9.78 Å². The molecular weight excluding hydrogens is 392 g/mol. The lowest BCUT2D eigenvalue weighted by atomic mass is 9.97. The fraction of sp³-hybridized carbons (Fsp3) is 0.500. The van der Waals surface area contributed by atoms with Crippen LogP contribution in [0.3, 0.4) is 0 Å². The van der Waals surface area contributed by atoms with Crippen molar-refractivity contribution in [1.29, 1.82) is 0 Å². The maximum Gasteiger partial charge on any atom is 0.326 e. The van der Waals surface area contributed by atoms with E-state index >= 15 is 0 Å². The quantitative estimate of drug-likeness (QED) is 0.603. The maximum atomic E-state index is 13.1. The third-order valence-electron chi connectivity index (χ3n) is 5.38. The van der Waals surface area contributed by atoms with Crippen LogP contribution in [0.5, 0.6) is 0 Å². The van der Waals surface area contributed by atoms with Crippen molar-refractivity contribution in [2.45, 2.75) is 51.3 Å². The SMILES string of the molecule is CC[C@H](C)[C@H](Nc1nc(C(O)c2ccccc2)ns1)C(=O)N1CCC[C@H]1C(=O)O. The van der Waals surface area contributed by atoms with Gasteiger partial charge in [-0.15, -0.1) is 0 Å². The van der Waals surface area contributed by atoms with Crippen LogP contribution in [0, 0.1) is 5.92 Å². The average molecular weight is 419 g/mol. The molecule has 1 fully saturated rings. The van der Waals surface area contributed by atoms with E-state index in [1.54, 1.807) is 12.1 Å². The number of aliphatic hydroxyl groups is 1. The summed E-state index contributed by atoms with van der Waals surface area (Å²) in [4.78, 5) is 30.4. The fourth-order valence-electron chi connectivity index (χ4n) is 3.47. The van der Waals surface area contributed by atoms with Gasteiger partial charge in [-0.05, 0) is 24.3 Å². The first kappa shape index (κ1) is 21.2. The maximum absolute atomic E-state index is 13.1. The van der Waals surface area contributed by atoms with Crippen molar-refractivity contribution in [3.63, 3.8) is 0 Å². The monoisotopic (exact) mass is 418 g/mol. The lowest BCUT2D eigenvalue weighted by molar-refractivity contribution is -0.148. The third kappa shape index (κ3) is 4.73. The predicted molar refractivity (Wildman–Crippen MR) is 110 cm³/mol. The van der Waals surface area contributed by atoms with Crippen LogP contribution in [-0.2, 0) is 9.59 Å². The number of carbonyl (C=O) groups excluding carboxylic acids is 1. The highest BCUT2D eigenvalue weighted by Crippen LogP contribution is 2.26. The Kier molecular flexibility index (Phi) is 6.81. The third-order valence-corrected chi connectivity index (χ3v) is 6.04. The summed E-state index contributed by atoms with van der Waals surface area (Å²) in [5.41, 5.74) is 0.688. The largest absolute Gasteiger partial charge is 0.480 e. The zero-order chi connectivity index (χ0) is 21.0. The highest BCUT2D eigenvalue weighted by atomic mass is 32.1. The summed E-state index contributed by atoms with van der Waals surface area (Å²) >= 11 is 1.08. The number of nitrogens with zero attached hydrogens (tertiary/aromatic N) is 3. The molecule has 0 aliphatic carbocycles. The number of carbonyl (C=O) groups is 2. The fourth-order valence-corrected chi connectivity index (χ4v) is 4.11. The second-order valence-corrected chi connectivity index (χ2v) is 8.06. The van der Waals surface area contributed by atoms with Gasteiger partial charge in [0.25, 0.3) is 0 Å². The number of rotatable bonds is 8. The van der Waals surface area contributed by atoms with Crippen LogP contribution < -0.4 is 5.32 Å². The molecule has 1 aromatic heterocycles. The number of aromatic nitrogens is 2. The Morgan fingerprint density at radius 2 is 2.07 bits per heavy atom. The van der Waals surface area contributed by atoms with Gasteiger partial charge in [0.15, 0.2) is 5.82 Å². The molecule has 4 atom stereocenters. The zero-order valence-corrected chi connectivity index (χ0v) is 17.3. The summed E-state index contributed by atoms with van der Waals surface area (Å²) in [5.74, 6) is -0.958. The molecule has 1 aromatic carbocycles. The highest BCUT2D eigenvalue weighted by Gasteiger charge is 2.38. The molecule has 2 aromatic rings. The molecule has 2 heterocycles. The predicted octanol–water partition coefficient (Wildman–Crippen LogP) is 2.52. The summed E-state index contributed by atoms with van der Waals surface area (Å²) < 4.78 is 4.23. The number of aliphatic carboxylic acids is 1. The lowest BCUT2D eigenvalue weighted by Crippen LogP contribution is -2.50. The van der Waals surface area contributed by atoms with E-state index in [2.05, 4.69) is 14.7 Å². The molecule has 1 aliphatic rings. The molecule has 29 heavy (non-hydrogen) atoms. The van der Waals surface area contributed by atoms with Crippen molar-refractivity contribution < 1.29 is 19.8 Å². The van der Waals surface area contributed by atoms with Gasteiger partial charge in [0.1, 0.15) is 18.2 Å². The van der Waals surface area contributed by atoms with E-state index in [0.29, 0.717) is 30.1 Å². The number of nitrogens with one attached hydrogen (secondary N) is 1. The average Bonchev–Trinajstić information content (AvgIpc) is 3.41. The minimum absolute atomic E-state index is 0.0241. The molecule has 0 bridgehead atoms. The van der Waals surface area contributed by atoms with Gasteiger partial charge >= 0.3 is 5.97 Å². The number of aliphatic hydroxyl groups excluding tert-OH is 1. The van der Waals surface area contributed by atoms with Crippen LogP contribution in [0.25, 0.3) is 0 Å². The van der Waals surface area contributed by atoms with E-state index in [1.807, 2.05) is 32.0 Å². The van der Waals surface area contributed by atoms with Crippen molar-refractivity contribution >= 4 is 28.5 Å². The van der Waals surface area contributed by atoms with E-state index in [9.17, 15) is 19.8 Å². The number of benzene rings is 1. The standard InChI is InChI=1S/C20H26N4O4S/c1-3-12(2)15(18(26)24-11-7-10-14(24)19(27)28)21-20-22-17(23-29-20)16(25)13-8-5-4-6-9-13/h4-6,8-9,12,14-16,25H,3,7,10-11H2,1-2H3,(H,27,28)(H,21,22,23)/t12-,14-,15-,16?/m0/s1. The molecule has 1 unspecified atom stereocenters. The minimum Gasteiger partial charge on any atom is -0.480 e. The number of likely N-dealkylation sites (tertiary alicyclic amines) is 1. The van der Waals surface area contributed by atoms with Crippen LogP contribution in [0.15, 0.2) is 30.3 Å². The molecule has 3 rings (SSSR count). The Morgan fingerprint density at radius 1 is 1.34 bits per heavy atom. The van der Waals surface area contributed by atoms with E-state index in [0.717, 1.165) is 18.0 Å². The Balaban J connectivity index is 1.77. The summed E-state index contributed by atoms with van der Waals surface area (Å²) in [6.45, 7) is 4.37. The topological polar surface area (TPSA) is 116 Å². The van der Waals surface area contributed by atoms with E-state index < -0.39 is 24.2 Å². The van der Waals surface area contributed by atoms with Crippen molar-refractivity contribution in [3.05, 3.63) is 41.7 Å². The van der Waals surface area contributed by atoms with Crippen LogP contribution in [0.2, 0.25) is 0 Å². The summed E-state index contributed by atoms with van der Waals surface area (Å²) in [7, 11) is 0. The van der Waals surface area contributed by atoms with Gasteiger partial charge in [0.2, 0.25) is 11.0 Å². The van der Waals surface area contributed by atoms with Gasteiger partial charge in [-0.1, -0.05) is 50.6 Å². The lowest BCUT2D eigenvalue weighted by Gasteiger charge is -2.30. The van der Waals surface area contributed by atoms with Gasteiger partial charge in [-0.2, -0.15) is 4.37 Å². The van der Waals surface area contributed by atoms with Gasteiger partial charge in [0.05, 0.1) is 0 Å². The first-order valence-corrected chi connectivity index (χ1v) is 10.6. The number of carboxylic acid groups (broad SMARTS) is 1. The van der Waals surface area contributed by atoms with E-state index in [1.165, 1.54) is 4.90 Å². The summed E-state index contributed by atoms with van der Waals surface area (Å²) in [6.07, 6.45) is 0.950. The Morgan fingerprint density at radius 3 is 2.72 bits per heavy atom. The van der Waals surface area contributed by atoms with Crippen molar-refractivity contribution in [3.8, 4) is 0 Å². The number of hydrogen-bond acceptors (Lipinski definition) is 7. The number of anilines is 1. The van der Waals surface area contributed by atoms with Crippen molar-refractivity contribution in [2.75, 3.05) is 11.9 Å². The molecule has 0 spiro atoms. The first-order chi connectivity index (χ1) is 13.9. The molecule has 0 saturated carbocycles. The van der Waals surface area contributed by atoms with Gasteiger partial charge in [0, 0.05) is 18.1 Å². The van der Waals surface area contributed by atoms with Crippen molar-refractivity contribution in [1.82, 2.24) is 14.3 Å². The Hall–Kier alpha value is -2.52. The van der Waals surface area contributed by atoms with Crippen LogP contribution in [0.1, 0.15) is 50.6 Å². The first-order valence-electron chi connectivity index (χ1n) is 9.78. The molecular formula is C20H26N4O4S. The smallest absolute Gasteiger partial charge is 0.326 e. The number of carboxylic acids is 1. The van der Waals surface area contributed by atoms with Crippen LogP contribution in [-0.4, -0.2) is 55.0 Å². The Labute approximate surface area is 173 Å². The minimum atomic E-state index is -0.970. The number of amides is 1. The van der Waals surface area contributed by atoms with Crippen LogP contribution in [0.4, 0.5) is 5.13 Å². The molecule has 1 saturated heterocycles. The van der Waals surface area contributed by atoms with E-state index in [4.69, 9.17) is 0 Å². The van der Waals surface area contributed by atoms with Crippen molar-refractivity contribution in [2.24, 2.45) is 5.92 Å².